The molecule has 4 rings (SSSR count). The van der Waals surface area contributed by atoms with E-state index in [0.717, 1.165) is 36.3 Å². The Kier molecular flexibility index (Phi) is 3.90. The lowest BCUT2D eigenvalue weighted by Crippen LogP contribution is -2.50. The third-order valence-electron chi connectivity index (χ3n) is 4.61. The highest BCUT2D eigenvalue weighted by Crippen LogP contribution is 2.42. The molecule has 6 nitrogen and oxygen atoms in total. The van der Waals surface area contributed by atoms with Crippen LogP contribution in [-0.4, -0.2) is 40.0 Å². The molecule has 1 saturated carbocycles. The van der Waals surface area contributed by atoms with E-state index >= 15 is 0 Å². The van der Waals surface area contributed by atoms with Crippen LogP contribution in [0.3, 0.4) is 0 Å². The number of nitrogens with one attached hydrogen (secondary N) is 1. The maximum Gasteiger partial charge on any atom is 0.205 e. The van der Waals surface area contributed by atoms with Crippen LogP contribution in [-0.2, 0) is 5.41 Å². The van der Waals surface area contributed by atoms with Crippen molar-refractivity contribution in [3.05, 3.63) is 22.8 Å². The molecule has 2 aliphatic rings. The van der Waals surface area contributed by atoms with Crippen molar-refractivity contribution in [3.8, 4) is 0 Å². The van der Waals surface area contributed by atoms with E-state index in [2.05, 4.69) is 63.5 Å². The van der Waals surface area contributed by atoms with Crippen molar-refractivity contribution in [2.45, 2.75) is 44.9 Å². The lowest BCUT2D eigenvalue weighted by atomic mass is 9.92. The van der Waals surface area contributed by atoms with Gasteiger partial charge in [0.1, 0.15) is 5.01 Å². The molecular formula is C17H24N6S. The van der Waals surface area contributed by atoms with E-state index in [9.17, 15) is 0 Å². The highest BCUT2D eigenvalue weighted by molar-refractivity contribution is 7.15. The molecule has 24 heavy (non-hydrogen) atoms. The van der Waals surface area contributed by atoms with Gasteiger partial charge in [0, 0.05) is 36.9 Å². The van der Waals surface area contributed by atoms with Gasteiger partial charge >= 0.3 is 0 Å². The van der Waals surface area contributed by atoms with Crippen molar-refractivity contribution in [2.75, 3.05) is 29.9 Å². The van der Waals surface area contributed by atoms with E-state index in [4.69, 9.17) is 0 Å². The van der Waals surface area contributed by atoms with Crippen molar-refractivity contribution in [3.63, 3.8) is 0 Å². The van der Waals surface area contributed by atoms with Crippen LogP contribution in [0.1, 0.15) is 50.2 Å². The van der Waals surface area contributed by atoms with Crippen LogP contribution in [0.15, 0.2) is 12.1 Å². The molecule has 0 atom stereocenters. The smallest absolute Gasteiger partial charge is 0.205 e. The first kappa shape index (κ1) is 15.7. The minimum atomic E-state index is 0.0496. The highest BCUT2D eigenvalue weighted by Gasteiger charge is 2.30. The average Bonchev–Trinajstić information content (AvgIpc) is 3.25. The zero-order chi connectivity index (χ0) is 16.7. The number of anilines is 2. The topological polar surface area (TPSA) is 66.8 Å². The molecular weight excluding hydrogens is 320 g/mol. The van der Waals surface area contributed by atoms with Crippen LogP contribution in [0.5, 0.6) is 0 Å². The van der Waals surface area contributed by atoms with E-state index in [1.54, 1.807) is 11.3 Å². The normalized spacial score (nSPS) is 18.5. The minimum absolute atomic E-state index is 0.0496. The molecule has 0 amide bonds. The molecule has 1 N–H and O–H groups in total. The third-order valence-corrected chi connectivity index (χ3v) is 5.65. The molecule has 0 unspecified atom stereocenters. The zero-order valence-electron chi connectivity index (χ0n) is 14.5. The maximum atomic E-state index is 4.38. The second kappa shape index (κ2) is 5.95. The summed E-state index contributed by atoms with van der Waals surface area (Å²) in [5, 5.41) is 22.9. The van der Waals surface area contributed by atoms with Crippen molar-refractivity contribution in [2.24, 2.45) is 5.92 Å². The molecule has 3 heterocycles. The lowest BCUT2D eigenvalue weighted by molar-refractivity contribution is 0.424. The molecule has 0 spiro atoms. The van der Waals surface area contributed by atoms with Crippen molar-refractivity contribution < 1.29 is 0 Å². The Morgan fingerprint density at radius 1 is 1.12 bits per heavy atom. The van der Waals surface area contributed by atoms with E-state index in [-0.39, 0.29) is 5.41 Å². The summed E-state index contributed by atoms with van der Waals surface area (Å²) in [7, 11) is 0. The second-order valence-corrected chi connectivity index (χ2v) is 8.91. The van der Waals surface area contributed by atoms with Gasteiger partial charge in [0.15, 0.2) is 5.82 Å². The predicted octanol–water partition coefficient (Wildman–Crippen LogP) is 3.05. The Morgan fingerprint density at radius 3 is 2.54 bits per heavy atom. The van der Waals surface area contributed by atoms with Gasteiger partial charge in [0.2, 0.25) is 5.13 Å². The molecule has 2 aromatic heterocycles. The van der Waals surface area contributed by atoms with Gasteiger partial charge in [-0.3, -0.25) is 0 Å². The van der Waals surface area contributed by atoms with Crippen molar-refractivity contribution >= 4 is 22.3 Å². The molecule has 2 aromatic rings. The fourth-order valence-corrected chi connectivity index (χ4v) is 3.73. The minimum Gasteiger partial charge on any atom is -0.360 e. The van der Waals surface area contributed by atoms with Gasteiger partial charge in [-0.1, -0.05) is 32.1 Å². The Morgan fingerprint density at radius 2 is 1.92 bits per heavy atom. The quantitative estimate of drug-likeness (QED) is 0.899. The third kappa shape index (κ3) is 3.36. The van der Waals surface area contributed by atoms with E-state index in [1.807, 2.05) is 0 Å². The van der Waals surface area contributed by atoms with Gasteiger partial charge in [-0.25, -0.2) is 0 Å². The molecule has 128 valence electrons. The highest BCUT2D eigenvalue weighted by atomic mass is 32.1. The SMILES string of the molecule is CC(C)(C)c1ccc(N2CC(CNc3nnc(C4CC4)s3)C2)nn1. The van der Waals surface area contributed by atoms with Crippen LogP contribution in [0.2, 0.25) is 0 Å². The van der Waals surface area contributed by atoms with Gasteiger partial charge < -0.3 is 10.2 Å². The summed E-state index contributed by atoms with van der Waals surface area (Å²) < 4.78 is 0. The lowest BCUT2D eigenvalue weighted by Gasteiger charge is -2.40. The molecule has 2 fully saturated rings. The monoisotopic (exact) mass is 344 g/mol. The summed E-state index contributed by atoms with van der Waals surface area (Å²) in [4.78, 5) is 2.28. The molecule has 0 aromatic carbocycles. The van der Waals surface area contributed by atoms with Gasteiger partial charge in [-0.15, -0.1) is 15.3 Å². The van der Waals surface area contributed by atoms with Crippen LogP contribution >= 0.6 is 11.3 Å². The van der Waals surface area contributed by atoms with Crippen LogP contribution < -0.4 is 10.2 Å². The van der Waals surface area contributed by atoms with Crippen LogP contribution in [0.4, 0.5) is 10.9 Å². The largest absolute Gasteiger partial charge is 0.360 e. The van der Waals surface area contributed by atoms with Crippen molar-refractivity contribution in [1.29, 1.82) is 0 Å². The maximum absolute atomic E-state index is 4.38. The van der Waals surface area contributed by atoms with Crippen molar-refractivity contribution in [1.82, 2.24) is 20.4 Å². The number of hydrogen-bond acceptors (Lipinski definition) is 7. The molecule has 1 aliphatic heterocycles. The molecule has 0 bridgehead atoms. The summed E-state index contributed by atoms with van der Waals surface area (Å²) >= 11 is 1.71. The predicted molar refractivity (Wildman–Crippen MR) is 96.8 cm³/mol. The fourth-order valence-electron chi connectivity index (χ4n) is 2.81. The molecule has 7 heteroatoms. The van der Waals surface area contributed by atoms with Gasteiger partial charge in [-0.05, 0) is 25.0 Å². The Balaban J connectivity index is 1.25. The first-order chi connectivity index (χ1) is 11.5. The second-order valence-electron chi connectivity index (χ2n) is 7.90. The number of hydrogen-bond donors (Lipinski definition) is 1. The summed E-state index contributed by atoms with van der Waals surface area (Å²) in [6.45, 7) is 9.46. The Bertz CT molecular complexity index is 695. The van der Waals surface area contributed by atoms with E-state index in [0.29, 0.717) is 11.8 Å². The first-order valence-electron chi connectivity index (χ1n) is 8.65. The summed E-state index contributed by atoms with van der Waals surface area (Å²) in [5.74, 6) is 2.29. The van der Waals surface area contributed by atoms with Crippen LogP contribution in [0, 0.1) is 5.92 Å². The number of rotatable bonds is 5. The average molecular weight is 344 g/mol. The standard InChI is InChI=1S/C17H24N6S/c1-17(2,3)13-6-7-14(20-19-13)23-9-11(10-23)8-18-16-22-21-15(24-16)12-4-5-12/h6-7,11-12H,4-5,8-10H2,1-3H3,(H,18,22). The summed E-state index contributed by atoms with van der Waals surface area (Å²) in [6, 6.07) is 4.18. The zero-order valence-corrected chi connectivity index (χ0v) is 15.3. The molecule has 0 radical (unpaired) electrons. The fraction of sp³-hybridized carbons (Fsp3) is 0.647. The van der Waals surface area contributed by atoms with E-state index < -0.39 is 0 Å². The molecule has 1 saturated heterocycles. The number of nitrogens with zero attached hydrogens (tertiary/aromatic N) is 5. The Hall–Kier alpha value is -1.76. The first-order valence-corrected chi connectivity index (χ1v) is 9.47. The van der Waals surface area contributed by atoms with Gasteiger partial charge in [0.05, 0.1) is 5.69 Å². The Labute approximate surface area is 146 Å². The summed E-state index contributed by atoms with van der Waals surface area (Å²) in [5.41, 5.74) is 1.08. The van der Waals surface area contributed by atoms with Crippen LogP contribution in [0.25, 0.3) is 0 Å². The van der Waals surface area contributed by atoms with Gasteiger partial charge in [-0.2, -0.15) is 5.10 Å². The van der Waals surface area contributed by atoms with Gasteiger partial charge in [0.25, 0.3) is 0 Å². The van der Waals surface area contributed by atoms with E-state index in [1.165, 1.54) is 17.8 Å². The molecule has 1 aliphatic carbocycles. The summed E-state index contributed by atoms with van der Waals surface area (Å²) in [6.07, 6.45) is 2.56. The number of aromatic nitrogens is 4.